The molecule has 5 heteroatoms. The number of rotatable bonds is 5. The molecule has 0 bridgehead atoms. The molecule has 0 heterocycles. The third kappa shape index (κ3) is 11.2. The number of ether oxygens (including phenoxy) is 2. The van der Waals surface area contributed by atoms with E-state index in [1.807, 2.05) is 13.8 Å². The Hall–Kier alpha value is -1.88. The summed E-state index contributed by atoms with van der Waals surface area (Å²) in [6, 6.07) is 6.46. The van der Waals surface area contributed by atoms with Gasteiger partial charge in [-0.2, -0.15) is 0 Å². The van der Waals surface area contributed by atoms with Gasteiger partial charge in [-0.25, -0.2) is 4.79 Å². The zero-order valence-electron chi connectivity index (χ0n) is 12.7. The average molecular weight is 283 g/mol. The lowest BCUT2D eigenvalue weighted by Gasteiger charge is -2.03. The predicted molar refractivity (Wildman–Crippen MR) is 80.0 cm³/mol. The second-order valence-electron chi connectivity index (χ2n) is 3.34. The van der Waals surface area contributed by atoms with Gasteiger partial charge in [0.15, 0.2) is 6.61 Å². The lowest BCUT2D eigenvalue weighted by molar-refractivity contribution is -0.142. The van der Waals surface area contributed by atoms with Crippen LogP contribution in [0.5, 0.6) is 5.75 Å². The number of hydrogen-bond donors (Lipinski definition) is 1. The molecule has 0 atom stereocenters. The number of esters is 1. The van der Waals surface area contributed by atoms with Crippen LogP contribution in [0.4, 0.5) is 0 Å². The number of benzene rings is 1. The Morgan fingerprint density at radius 1 is 1.25 bits per heavy atom. The minimum atomic E-state index is -0.440. The lowest BCUT2D eigenvalue weighted by Crippen LogP contribution is -2.12. The monoisotopic (exact) mass is 283 g/mol. The van der Waals surface area contributed by atoms with Crippen LogP contribution in [0.25, 0.3) is 0 Å². The van der Waals surface area contributed by atoms with Crippen molar-refractivity contribution in [2.45, 2.75) is 27.2 Å². The van der Waals surface area contributed by atoms with E-state index in [4.69, 9.17) is 10.5 Å². The highest BCUT2D eigenvalue weighted by Gasteiger charge is 2.00. The van der Waals surface area contributed by atoms with E-state index in [0.29, 0.717) is 11.3 Å². The molecule has 1 rings (SSSR count). The van der Waals surface area contributed by atoms with Gasteiger partial charge in [-0.15, -0.1) is 0 Å². The van der Waals surface area contributed by atoms with E-state index in [1.54, 1.807) is 24.3 Å². The van der Waals surface area contributed by atoms with E-state index in [2.05, 4.69) is 11.7 Å². The normalized spacial score (nSPS) is 8.25. The summed E-state index contributed by atoms with van der Waals surface area (Å²) in [7, 11) is 1.29. The number of aldehydes is 1. The second-order valence-corrected chi connectivity index (χ2v) is 3.34. The van der Waals surface area contributed by atoms with Gasteiger partial charge in [0.05, 0.1) is 7.11 Å². The van der Waals surface area contributed by atoms with Crippen molar-refractivity contribution in [1.82, 2.24) is 0 Å². The van der Waals surface area contributed by atoms with Crippen LogP contribution in [0.2, 0.25) is 0 Å². The van der Waals surface area contributed by atoms with Gasteiger partial charge in [-0.05, 0) is 37.2 Å². The third-order valence-corrected chi connectivity index (χ3v) is 1.89. The molecule has 0 aliphatic rings. The Balaban J connectivity index is 0. The molecule has 0 spiro atoms. The first-order valence-corrected chi connectivity index (χ1v) is 6.62. The fourth-order valence-corrected chi connectivity index (χ4v) is 0.844. The molecular weight excluding hydrogens is 258 g/mol. The van der Waals surface area contributed by atoms with E-state index in [1.165, 1.54) is 7.11 Å². The molecule has 20 heavy (non-hydrogen) atoms. The summed E-state index contributed by atoms with van der Waals surface area (Å²) in [5.41, 5.74) is 5.59. The lowest BCUT2D eigenvalue weighted by atomic mass is 10.2. The maximum atomic E-state index is 10.7. The fraction of sp³-hybridized carbons (Fsp3) is 0.467. The molecule has 114 valence electrons. The molecule has 0 saturated carbocycles. The zero-order valence-corrected chi connectivity index (χ0v) is 12.7. The number of hydrogen-bond acceptors (Lipinski definition) is 5. The van der Waals surface area contributed by atoms with Crippen molar-refractivity contribution >= 4 is 12.3 Å². The minimum Gasteiger partial charge on any atom is -0.482 e. The summed E-state index contributed by atoms with van der Waals surface area (Å²) < 4.78 is 9.46. The molecular formula is C15H25NO4. The molecule has 0 saturated heterocycles. The highest BCUT2D eigenvalue weighted by Crippen LogP contribution is 2.10. The van der Waals surface area contributed by atoms with Crippen molar-refractivity contribution in [3.05, 3.63) is 29.8 Å². The number of carbonyl (C=O) groups is 2. The molecule has 5 nitrogen and oxygen atoms in total. The standard InChI is InChI=1S/C10H10O4.C3H9N.C2H6/c1-13-10(12)7-14-9-4-2-8(6-11)3-5-9;1-2-3-4;1-2/h2-6H,7H2,1H3;2-4H2,1H3;1-2H3. The van der Waals surface area contributed by atoms with Crippen molar-refractivity contribution in [3.8, 4) is 5.75 Å². The molecule has 1 aromatic rings. The van der Waals surface area contributed by atoms with Gasteiger partial charge in [0.25, 0.3) is 0 Å². The molecule has 0 aliphatic carbocycles. The van der Waals surface area contributed by atoms with Gasteiger partial charge in [-0.1, -0.05) is 20.8 Å². The Labute approximate surface area is 121 Å². The molecule has 0 radical (unpaired) electrons. The highest BCUT2D eigenvalue weighted by atomic mass is 16.6. The molecule has 1 aromatic carbocycles. The molecule has 2 N–H and O–H groups in total. The first-order valence-electron chi connectivity index (χ1n) is 6.62. The van der Waals surface area contributed by atoms with Crippen LogP contribution in [-0.2, 0) is 9.53 Å². The van der Waals surface area contributed by atoms with Crippen LogP contribution >= 0.6 is 0 Å². The van der Waals surface area contributed by atoms with Gasteiger partial charge in [0.2, 0.25) is 0 Å². The van der Waals surface area contributed by atoms with Crippen LogP contribution in [0.3, 0.4) is 0 Å². The van der Waals surface area contributed by atoms with Gasteiger partial charge >= 0.3 is 5.97 Å². The van der Waals surface area contributed by atoms with Crippen molar-refractivity contribution < 1.29 is 19.1 Å². The first kappa shape index (κ1) is 20.4. The Morgan fingerprint density at radius 2 is 1.75 bits per heavy atom. The summed E-state index contributed by atoms with van der Waals surface area (Å²) >= 11 is 0. The molecule has 0 amide bonds. The van der Waals surface area contributed by atoms with Crippen molar-refractivity contribution in [2.75, 3.05) is 20.3 Å². The largest absolute Gasteiger partial charge is 0.482 e. The Morgan fingerprint density at radius 3 is 2.10 bits per heavy atom. The maximum Gasteiger partial charge on any atom is 0.343 e. The van der Waals surface area contributed by atoms with Gasteiger partial charge in [0, 0.05) is 5.56 Å². The number of carbonyl (C=O) groups excluding carboxylic acids is 2. The summed E-state index contributed by atoms with van der Waals surface area (Å²) in [6.45, 7) is 6.75. The highest BCUT2D eigenvalue weighted by molar-refractivity contribution is 5.75. The van der Waals surface area contributed by atoms with Crippen LogP contribution in [0.1, 0.15) is 37.6 Å². The Kier molecular flexibility index (Phi) is 15.5. The number of methoxy groups -OCH3 is 1. The minimum absolute atomic E-state index is 0.128. The summed E-state index contributed by atoms with van der Waals surface area (Å²) in [5.74, 6) is 0.0884. The van der Waals surface area contributed by atoms with Gasteiger partial charge in [0.1, 0.15) is 12.0 Å². The van der Waals surface area contributed by atoms with Gasteiger partial charge < -0.3 is 15.2 Å². The van der Waals surface area contributed by atoms with Crippen LogP contribution < -0.4 is 10.5 Å². The summed E-state index contributed by atoms with van der Waals surface area (Å²) in [4.78, 5) is 21.0. The topological polar surface area (TPSA) is 78.6 Å². The summed E-state index contributed by atoms with van der Waals surface area (Å²) in [5, 5.41) is 0. The van der Waals surface area contributed by atoms with E-state index >= 15 is 0 Å². The maximum absolute atomic E-state index is 10.7. The molecule has 0 unspecified atom stereocenters. The van der Waals surface area contributed by atoms with Crippen LogP contribution in [-0.4, -0.2) is 32.5 Å². The molecule has 0 aliphatic heterocycles. The van der Waals surface area contributed by atoms with E-state index < -0.39 is 5.97 Å². The van der Waals surface area contributed by atoms with Gasteiger partial charge in [-0.3, -0.25) is 4.79 Å². The second kappa shape index (κ2) is 15.2. The first-order chi connectivity index (χ1) is 9.67. The van der Waals surface area contributed by atoms with Crippen LogP contribution in [0, 0.1) is 0 Å². The van der Waals surface area contributed by atoms with Crippen molar-refractivity contribution in [2.24, 2.45) is 5.73 Å². The molecule has 0 aromatic heterocycles. The molecule has 0 fully saturated rings. The SMILES string of the molecule is CC.CCCN.COC(=O)COc1ccc(C=O)cc1. The Bertz CT molecular complexity index is 347. The van der Waals surface area contributed by atoms with Crippen molar-refractivity contribution in [3.63, 3.8) is 0 Å². The average Bonchev–Trinajstić information content (AvgIpc) is 2.55. The van der Waals surface area contributed by atoms with E-state index in [-0.39, 0.29) is 6.61 Å². The third-order valence-electron chi connectivity index (χ3n) is 1.89. The predicted octanol–water partition coefficient (Wildman–Crippen LogP) is 2.43. The van der Waals surface area contributed by atoms with E-state index in [0.717, 1.165) is 19.3 Å². The fourth-order valence-electron chi connectivity index (χ4n) is 0.844. The zero-order chi connectivity index (χ0) is 15.8. The van der Waals surface area contributed by atoms with Crippen LogP contribution in [0.15, 0.2) is 24.3 Å². The van der Waals surface area contributed by atoms with E-state index in [9.17, 15) is 9.59 Å². The number of nitrogens with two attached hydrogens (primary N) is 1. The quantitative estimate of drug-likeness (QED) is 0.663. The summed E-state index contributed by atoms with van der Waals surface area (Å²) in [6.07, 6.45) is 1.84. The smallest absolute Gasteiger partial charge is 0.343 e. The van der Waals surface area contributed by atoms with Crippen molar-refractivity contribution in [1.29, 1.82) is 0 Å².